The van der Waals surface area contributed by atoms with Gasteiger partial charge in [0, 0.05) is 76.8 Å². The van der Waals surface area contributed by atoms with Gasteiger partial charge < -0.3 is 19.9 Å². The summed E-state index contributed by atoms with van der Waals surface area (Å²) < 4.78 is 10.1. The highest BCUT2D eigenvalue weighted by Crippen LogP contribution is 2.44. The van der Waals surface area contributed by atoms with Crippen LogP contribution in [0.5, 0.6) is 5.75 Å². The highest BCUT2D eigenvalue weighted by molar-refractivity contribution is 6.34. The zero-order valence-corrected chi connectivity index (χ0v) is 30.6. The predicted octanol–water partition coefficient (Wildman–Crippen LogP) is 8.88. The van der Waals surface area contributed by atoms with E-state index in [1.807, 2.05) is 107 Å². The van der Waals surface area contributed by atoms with Crippen LogP contribution in [0.25, 0.3) is 33.7 Å². The number of benzene rings is 3. The van der Waals surface area contributed by atoms with Crippen LogP contribution in [-0.2, 0) is 18.9 Å². The van der Waals surface area contributed by atoms with Crippen molar-refractivity contribution >= 4 is 64.1 Å². The van der Waals surface area contributed by atoms with E-state index in [4.69, 9.17) is 33.0 Å². The van der Waals surface area contributed by atoms with Crippen LogP contribution in [0.15, 0.2) is 48.7 Å². The molecule has 2 N–H and O–H groups in total. The quantitative estimate of drug-likeness (QED) is 0.0687. The maximum atomic E-state index is 12.2. The van der Waals surface area contributed by atoms with E-state index >= 15 is 0 Å². The fourth-order valence-electron chi connectivity index (χ4n) is 6.53. The molecular weight excluding hydrogens is 657 g/mol. The Morgan fingerprint density at radius 3 is 2.39 bits per heavy atom. The largest absolute Gasteiger partial charge is 0.494 e. The second kappa shape index (κ2) is 15.3. The Labute approximate surface area is 298 Å². The fraction of sp³-hybridized carbons (Fsp3) is 0.308. The van der Waals surface area contributed by atoms with Crippen molar-refractivity contribution in [3.05, 3.63) is 97.9 Å². The normalized spacial score (nSPS) is 12.3. The van der Waals surface area contributed by atoms with Gasteiger partial charge in [-0.3, -0.25) is 14.3 Å². The summed E-state index contributed by atoms with van der Waals surface area (Å²) in [5, 5.41) is 13.4. The number of aryl methyl sites for hydroxylation is 5. The maximum absolute atomic E-state index is 12.2. The number of ether oxygens (including phenoxy) is 1. The van der Waals surface area contributed by atoms with E-state index in [0.717, 1.165) is 84.0 Å². The van der Waals surface area contributed by atoms with Gasteiger partial charge in [-0.2, -0.15) is 5.10 Å². The first-order valence-corrected chi connectivity index (χ1v) is 17.1. The summed E-state index contributed by atoms with van der Waals surface area (Å²) in [6.45, 7) is 10.9. The molecule has 0 bridgehead atoms. The van der Waals surface area contributed by atoms with Crippen LogP contribution in [0, 0.1) is 27.7 Å². The SMILES string of the molecule is Cc1cc(OCCC/C(=C\c2cccc3c2c(C=O)cn3C)c2ccc(Cl)c(-c3c(C)nn(C)c3C)c2N[C@H](C)CNC=O)cc(C)c1Cl. The third kappa shape index (κ3) is 7.56. The van der Waals surface area contributed by atoms with E-state index in [2.05, 4.69) is 16.7 Å². The minimum Gasteiger partial charge on any atom is -0.494 e. The van der Waals surface area contributed by atoms with Crippen LogP contribution < -0.4 is 15.4 Å². The molecule has 3 aromatic carbocycles. The minimum atomic E-state index is -0.126. The third-order valence-corrected chi connectivity index (χ3v) is 9.87. The van der Waals surface area contributed by atoms with Crippen molar-refractivity contribution in [2.24, 2.45) is 14.1 Å². The van der Waals surface area contributed by atoms with E-state index in [9.17, 15) is 9.59 Å². The number of amides is 1. The highest BCUT2D eigenvalue weighted by Gasteiger charge is 2.24. The van der Waals surface area contributed by atoms with Gasteiger partial charge >= 0.3 is 0 Å². The van der Waals surface area contributed by atoms with Gasteiger partial charge in [-0.1, -0.05) is 47.5 Å². The first-order chi connectivity index (χ1) is 23.4. The number of hydrogen-bond acceptors (Lipinski definition) is 5. The molecule has 0 saturated heterocycles. The van der Waals surface area contributed by atoms with Crippen LogP contribution in [-0.4, -0.2) is 46.2 Å². The topological polar surface area (TPSA) is 90.2 Å². The molecule has 0 saturated carbocycles. The van der Waals surface area contributed by atoms with Gasteiger partial charge in [-0.05, 0) is 94.0 Å². The fourth-order valence-corrected chi connectivity index (χ4v) is 6.89. The number of nitrogens with one attached hydrogen (secondary N) is 2. The molecule has 5 aromatic rings. The average molecular weight is 701 g/mol. The molecule has 0 aliphatic carbocycles. The Morgan fingerprint density at radius 2 is 1.73 bits per heavy atom. The molecule has 49 heavy (non-hydrogen) atoms. The van der Waals surface area contributed by atoms with Crippen LogP contribution in [0.4, 0.5) is 5.69 Å². The van der Waals surface area contributed by atoms with Gasteiger partial charge in [-0.15, -0.1) is 0 Å². The first kappa shape index (κ1) is 35.8. The van der Waals surface area contributed by atoms with E-state index in [1.54, 1.807) is 0 Å². The summed E-state index contributed by atoms with van der Waals surface area (Å²) in [7, 11) is 3.87. The molecule has 8 nitrogen and oxygen atoms in total. The number of allylic oxidation sites excluding steroid dienone is 1. The van der Waals surface area contributed by atoms with Crippen molar-refractivity contribution in [3.8, 4) is 16.9 Å². The van der Waals surface area contributed by atoms with E-state index in [0.29, 0.717) is 43.0 Å². The average Bonchev–Trinajstić information content (AvgIpc) is 3.54. The molecule has 0 spiro atoms. The number of carbonyl (C=O) groups is 2. The Kier molecular flexibility index (Phi) is 11.2. The van der Waals surface area contributed by atoms with Gasteiger partial charge in [0.15, 0.2) is 6.29 Å². The Bertz CT molecular complexity index is 2040. The molecule has 0 aliphatic heterocycles. The molecule has 10 heteroatoms. The minimum absolute atomic E-state index is 0.126. The molecular formula is C39H43Cl2N5O3. The van der Waals surface area contributed by atoms with Crippen LogP contribution in [0.1, 0.15) is 63.8 Å². The number of fused-ring (bicyclic) bond motifs is 1. The number of carbonyl (C=O) groups excluding carboxylic acids is 2. The second-order valence-electron chi connectivity index (χ2n) is 12.6. The summed E-state index contributed by atoms with van der Waals surface area (Å²) in [5.74, 6) is 0.782. The molecule has 1 amide bonds. The Morgan fingerprint density at radius 1 is 1.00 bits per heavy atom. The number of rotatable bonds is 14. The molecule has 0 radical (unpaired) electrons. The number of hydrogen-bond donors (Lipinski definition) is 2. The lowest BCUT2D eigenvalue weighted by molar-refractivity contribution is -0.109. The van der Waals surface area contributed by atoms with Crippen LogP contribution >= 0.6 is 23.2 Å². The van der Waals surface area contributed by atoms with Gasteiger partial charge in [0.05, 0.1) is 23.0 Å². The monoisotopic (exact) mass is 699 g/mol. The number of aldehydes is 1. The Balaban J connectivity index is 1.67. The molecule has 0 aliphatic rings. The number of anilines is 1. The zero-order chi connectivity index (χ0) is 35.4. The highest BCUT2D eigenvalue weighted by atomic mass is 35.5. The van der Waals surface area contributed by atoms with Crippen LogP contribution in [0.2, 0.25) is 10.0 Å². The predicted molar refractivity (Wildman–Crippen MR) is 202 cm³/mol. The first-order valence-electron chi connectivity index (χ1n) is 16.3. The smallest absolute Gasteiger partial charge is 0.207 e. The maximum Gasteiger partial charge on any atom is 0.207 e. The zero-order valence-electron chi connectivity index (χ0n) is 29.1. The lowest BCUT2D eigenvalue weighted by Crippen LogP contribution is -2.30. The molecule has 0 unspecified atom stereocenters. The standard InChI is InChI=1S/C39H43Cl2N5O3/c1-23-16-31(17-24(2)38(23)41)49-15-9-11-28(18-29-10-8-12-34-36(29)30(21-47)20-45(34)6)32-13-14-33(40)37(35-26(4)44-46(7)27(35)5)39(32)43-25(3)19-42-22-48/h8,10,12-14,16-18,20-22,25,43H,9,11,15,19H2,1-7H3,(H,42,48)/b28-18+/t25-/m1/s1. The summed E-state index contributed by atoms with van der Waals surface area (Å²) >= 11 is 13.5. The van der Waals surface area contributed by atoms with Gasteiger partial charge in [-0.25, -0.2) is 0 Å². The molecule has 5 rings (SSSR count). The molecule has 1 atom stereocenters. The summed E-state index contributed by atoms with van der Waals surface area (Å²) in [6, 6.07) is 13.8. The van der Waals surface area contributed by atoms with E-state index < -0.39 is 0 Å². The van der Waals surface area contributed by atoms with Gasteiger partial charge in [0.25, 0.3) is 0 Å². The molecule has 2 aromatic heterocycles. The second-order valence-corrected chi connectivity index (χ2v) is 13.4. The van der Waals surface area contributed by atoms with Crippen molar-refractivity contribution < 1.29 is 14.3 Å². The molecule has 2 heterocycles. The van der Waals surface area contributed by atoms with Crippen LogP contribution in [0.3, 0.4) is 0 Å². The number of halogens is 2. The summed E-state index contributed by atoms with van der Waals surface area (Å²) in [6.07, 6.45) is 7.01. The third-order valence-electron chi connectivity index (χ3n) is 8.96. The number of nitrogens with zero attached hydrogens (tertiary/aromatic N) is 3. The van der Waals surface area contributed by atoms with Crippen molar-refractivity contribution in [3.63, 3.8) is 0 Å². The van der Waals surface area contributed by atoms with E-state index in [1.165, 1.54) is 0 Å². The lowest BCUT2D eigenvalue weighted by atomic mass is 9.90. The van der Waals surface area contributed by atoms with Gasteiger partial charge in [0.2, 0.25) is 6.41 Å². The van der Waals surface area contributed by atoms with E-state index in [-0.39, 0.29) is 6.04 Å². The molecule has 256 valence electrons. The summed E-state index contributed by atoms with van der Waals surface area (Å²) in [4.78, 5) is 23.4. The molecule has 0 fully saturated rings. The Hall–Kier alpha value is -4.53. The lowest BCUT2D eigenvalue weighted by Gasteiger charge is -2.24. The van der Waals surface area contributed by atoms with Crippen molar-refractivity contribution in [2.75, 3.05) is 18.5 Å². The van der Waals surface area contributed by atoms with Crippen molar-refractivity contribution in [1.82, 2.24) is 19.7 Å². The van der Waals surface area contributed by atoms with Crippen molar-refractivity contribution in [2.45, 2.75) is 53.5 Å². The number of aromatic nitrogens is 3. The van der Waals surface area contributed by atoms with Crippen molar-refractivity contribution in [1.29, 1.82) is 0 Å². The summed E-state index contributed by atoms with van der Waals surface area (Å²) in [5.41, 5.74) is 11.0. The van der Waals surface area contributed by atoms with Gasteiger partial charge in [0.1, 0.15) is 5.75 Å².